The molecule has 0 amide bonds. The van der Waals surface area contributed by atoms with Crippen LogP contribution in [0, 0.1) is 10.8 Å². The van der Waals surface area contributed by atoms with Crippen molar-refractivity contribution in [2.75, 3.05) is 0 Å². The highest BCUT2D eigenvalue weighted by Crippen LogP contribution is 2.43. The van der Waals surface area contributed by atoms with Gasteiger partial charge in [0.1, 0.15) is 0 Å². The van der Waals surface area contributed by atoms with Gasteiger partial charge in [0.05, 0.1) is 9.81 Å². The second-order valence-corrected chi connectivity index (χ2v) is 7.95. The second kappa shape index (κ2) is 3.21. The zero-order valence-corrected chi connectivity index (χ0v) is 11.2. The van der Waals surface area contributed by atoms with E-state index in [4.69, 9.17) is 0 Å². The van der Waals surface area contributed by atoms with Gasteiger partial charge in [0.25, 0.3) is 0 Å². The third-order valence-electron chi connectivity index (χ3n) is 2.44. The van der Waals surface area contributed by atoms with Crippen LogP contribution < -0.4 is 0 Å². The van der Waals surface area contributed by atoms with Crippen molar-refractivity contribution < 1.29 is 8.42 Å². The van der Waals surface area contributed by atoms with E-state index in [1.807, 2.05) is 41.5 Å². The van der Waals surface area contributed by atoms with Crippen molar-refractivity contribution in [1.29, 1.82) is 0 Å². The number of sulfone groups is 1. The largest absolute Gasteiger partial charge is 0.219 e. The molecule has 0 aromatic heterocycles. The topological polar surface area (TPSA) is 34.1 Å². The molecule has 0 fully saturated rings. The predicted octanol–water partition coefficient (Wildman–Crippen LogP) is 3.27. The van der Waals surface area contributed by atoms with Gasteiger partial charge in [0.2, 0.25) is 0 Å². The molecule has 3 heteroatoms. The highest BCUT2D eigenvalue weighted by Gasteiger charge is 2.39. The van der Waals surface area contributed by atoms with E-state index in [9.17, 15) is 8.42 Å². The maximum absolute atomic E-state index is 12.2. The highest BCUT2D eigenvalue weighted by molar-refractivity contribution is 7.99. The van der Waals surface area contributed by atoms with Crippen molar-refractivity contribution >= 4 is 9.84 Å². The minimum Gasteiger partial charge on any atom is -0.219 e. The van der Waals surface area contributed by atoms with Crippen LogP contribution in [-0.4, -0.2) is 8.42 Å². The van der Waals surface area contributed by atoms with Crippen LogP contribution in [0.4, 0.5) is 0 Å². The maximum atomic E-state index is 12.2. The van der Waals surface area contributed by atoms with E-state index in [1.54, 1.807) is 12.2 Å². The lowest BCUT2D eigenvalue weighted by molar-refractivity contribution is 0.501. The van der Waals surface area contributed by atoms with Crippen molar-refractivity contribution in [3.8, 4) is 0 Å². The summed E-state index contributed by atoms with van der Waals surface area (Å²) in [5, 5.41) is 0. The summed E-state index contributed by atoms with van der Waals surface area (Å²) in [5.74, 6) is 0. The minimum atomic E-state index is -3.22. The van der Waals surface area contributed by atoms with Crippen molar-refractivity contribution in [2.45, 2.75) is 41.5 Å². The first-order valence-electron chi connectivity index (χ1n) is 5.15. The lowest BCUT2D eigenvalue weighted by Gasteiger charge is -2.25. The SMILES string of the molecule is CC(C)(C)C1=CC=C(C(C)(C)C)S1(=O)=O. The summed E-state index contributed by atoms with van der Waals surface area (Å²) in [6.45, 7) is 11.6. The summed E-state index contributed by atoms with van der Waals surface area (Å²) in [6, 6.07) is 0. The summed E-state index contributed by atoms with van der Waals surface area (Å²) >= 11 is 0. The Morgan fingerprint density at radius 2 is 1.07 bits per heavy atom. The van der Waals surface area contributed by atoms with Crippen LogP contribution in [0.5, 0.6) is 0 Å². The summed E-state index contributed by atoms with van der Waals surface area (Å²) in [5.41, 5.74) is -0.634. The van der Waals surface area contributed by atoms with Gasteiger partial charge in [-0.25, -0.2) is 8.42 Å². The first-order valence-corrected chi connectivity index (χ1v) is 6.64. The van der Waals surface area contributed by atoms with Gasteiger partial charge in [0.15, 0.2) is 9.84 Å². The standard InChI is InChI=1S/C12H20O2S/c1-11(2,3)9-7-8-10(12(4,5)6)15(9,13)14/h7-8H,1-6H3. The van der Waals surface area contributed by atoms with Gasteiger partial charge in [-0.05, 0) is 23.0 Å². The average Bonchev–Trinajstić information content (AvgIpc) is 2.21. The monoisotopic (exact) mass is 228 g/mol. The average molecular weight is 228 g/mol. The summed E-state index contributed by atoms with van der Waals surface area (Å²) in [6.07, 6.45) is 3.49. The van der Waals surface area contributed by atoms with Crippen molar-refractivity contribution in [2.24, 2.45) is 10.8 Å². The molecule has 1 aliphatic rings. The molecule has 0 aromatic carbocycles. The first kappa shape index (κ1) is 12.5. The van der Waals surface area contributed by atoms with Gasteiger partial charge in [-0.1, -0.05) is 41.5 Å². The molecule has 15 heavy (non-hydrogen) atoms. The first-order chi connectivity index (χ1) is 6.47. The zero-order valence-electron chi connectivity index (χ0n) is 10.4. The van der Waals surface area contributed by atoms with Crippen LogP contribution in [-0.2, 0) is 9.84 Å². The summed E-state index contributed by atoms with van der Waals surface area (Å²) in [4.78, 5) is 1.06. The van der Waals surface area contributed by atoms with Crippen molar-refractivity contribution in [3.63, 3.8) is 0 Å². The highest BCUT2D eigenvalue weighted by atomic mass is 32.2. The third-order valence-corrected chi connectivity index (χ3v) is 5.10. The van der Waals surface area contributed by atoms with E-state index in [2.05, 4.69) is 0 Å². The molecular weight excluding hydrogens is 208 g/mol. The fourth-order valence-electron chi connectivity index (χ4n) is 1.76. The van der Waals surface area contributed by atoms with Gasteiger partial charge in [-0.15, -0.1) is 0 Å². The molecule has 0 saturated carbocycles. The van der Waals surface area contributed by atoms with E-state index in [0.717, 1.165) is 0 Å². The second-order valence-electron chi connectivity index (χ2n) is 6.07. The van der Waals surface area contributed by atoms with E-state index in [1.165, 1.54) is 0 Å². The van der Waals surface area contributed by atoms with E-state index in [-0.39, 0.29) is 10.8 Å². The van der Waals surface area contributed by atoms with Gasteiger partial charge in [-0.2, -0.15) is 0 Å². The molecular formula is C12H20O2S. The fraction of sp³-hybridized carbons (Fsp3) is 0.667. The Morgan fingerprint density at radius 3 is 1.20 bits per heavy atom. The predicted molar refractivity (Wildman–Crippen MR) is 64.0 cm³/mol. The Bertz CT molecular complexity index is 387. The normalized spacial score (nSPS) is 21.2. The van der Waals surface area contributed by atoms with Crippen molar-refractivity contribution in [1.82, 2.24) is 0 Å². The molecule has 2 nitrogen and oxygen atoms in total. The molecule has 0 atom stereocenters. The Kier molecular flexibility index (Phi) is 2.67. The van der Waals surface area contributed by atoms with Gasteiger partial charge < -0.3 is 0 Å². The minimum absolute atomic E-state index is 0.317. The Morgan fingerprint density at radius 1 is 0.800 bits per heavy atom. The van der Waals surface area contributed by atoms with Crippen LogP contribution in [0.15, 0.2) is 22.0 Å². The molecule has 0 spiro atoms. The molecule has 0 bridgehead atoms. The molecule has 1 rings (SSSR count). The van der Waals surface area contributed by atoms with Gasteiger partial charge >= 0.3 is 0 Å². The molecule has 0 unspecified atom stereocenters. The molecule has 0 radical (unpaired) electrons. The Balaban J connectivity index is 3.24. The van der Waals surface area contributed by atoms with Crippen LogP contribution in [0.3, 0.4) is 0 Å². The zero-order chi connectivity index (χ0) is 12.1. The van der Waals surface area contributed by atoms with E-state index < -0.39 is 9.84 Å². The maximum Gasteiger partial charge on any atom is 0.200 e. The number of rotatable bonds is 0. The van der Waals surface area contributed by atoms with Crippen LogP contribution in [0.2, 0.25) is 0 Å². The Labute approximate surface area is 93.0 Å². The molecule has 0 aliphatic carbocycles. The lowest BCUT2D eigenvalue weighted by Crippen LogP contribution is -2.22. The van der Waals surface area contributed by atoms with E-state index >= 15 is 0 Å². The quantitative estimate of drug-likeness (QED) is 0.637. The smallest absolute Gasteiger partial charge is 0.200 e. The molecule has 86 valence electrons. The number of hydrogen-bond acceptors (Lipinski definition) is 2. The third kappa shape index (κ3) is 2.17. The van der Waals surface area contributed by atoms with Crippen LogP contribution >= 0.6 is 0 Å². The van der Waals surface area contributed by atoms with Crippen molar-refractivity contribution in [3.05, 3.63) is 22.0 Å². The summed E-state index contributed by atoms with van der Waals surface area (Å²) < 4.78 is 24.5. The molecule has 0 N–H and O–H groups in total. The molecule has 1 aliphatic heterocycles. The number of allylic oxidation sites excluding steroid dienone is 4. The van der Waals surface area contributed by atoms with Crippen LogP contribution in [0.25, 0.3) is 0 Å². The van der Waals surface area contributed by atoms with Gasteiger partial charge in [0, 0.05) is 0 Å². The molecule has 0 saturated heterocycles. The number of hydrogen-bond donors (Lipinski definition) is 0. The lowest BCUT2D eigenvalue weighted by atomic mass is 9.94. The van der Waals surface area contributed by atoms with Gasteiger partial charge in [-0.3, -0.25) is 0 Å². The van der Waals surface area contributed by atoms with E-state index in [0.29, 0.717) is 9.81 Å². The van der Waals surface area contributed by atoms with Crippen LogP contribution in [0.1, 0.15) is 41.5 Å². The Hall–Kier alpha value is -0.570. The molecule has 0 aromatic rings. The fourth-order valence-corrected chi connectivity index (χ4v) is 4.10. The molecule has 1 heterocycles. The summed E-state index contributed by atoms with van der Waals surface area (Å²) in [7, 11) is -3.22.